The second-order valence-corrected chi connectivity index (χ2v) is 7.16. The van der Waals surface area contributed by atoms with E-state index in [9.17, 15) is 18.9 Å². The smallest absolute Gasteiger partial charge is 4.00 e. The standard InChI is InChI=1S/4ClH.6FH.Ti.W/h10*1H;;/q;;;;;;;;;;+4;+6/p-10. The Morgan fingerprint density at radius 1 is 0.500 bits per heavy atom. The topological polar surface area (TPSA) is 0 Å². The van der Waals surface area contributed by atoms with Crippen molar-refractivity contribution < 1.29 is 107 Å². The van der Waals surface area contributed by atoms with Crippen molar-refractivity contribution in [2.75, 3.05) is 0 Å². The third-order valence-corrected chi connectivity index (χ3v) is 0. The number of halogens is 10. The summed E-state index contributed by atoms with van der Waals surface area (Å²) in [6.45, 7) is 0. The monoisotopic (exact) mass is 486 g/mol. The fraction of sp³-hybridized carbons (Fsp3) is 0. The van der Waals surface area contributed by atoms with Crippen LogP contribution in [-0.4, -0.2) is 0 Å². The minimum absolute atomic E-state index is 0. The molecule has 12 heavy (non-hydrogen) atoms. The molecule has 0 aromatic heterocycles. The Kier molecular flexibility index (Phi) is 20.2. The molecular formula is Cl4F6TiW. The molecule has 80 valence electrons. The Bertz CT molecular complexity index is 78.1. The van der Waals surface area contributed by atoms with Gasteiger partial charge < -0.3 is 49.6 Å². The van der Waals surface area contributed by atoms with E-state index in [1.807, 2.05) is 0 Å². The van der Waals surface area contributed by atoms with Gasteiger partial charge in [0.05, 0.1) is 0 Å². The molecule has 0 spiro atoms. The molecule has 0 heterocycles. The predicted molar refractivity (Wildman–Crippen MR) is 6.65 cm³/mol. The maximum absolute atomic E-state index is 11.3. The Labute approximate surface area is 106 Å². The Morgan fingerprint density at radius 2 is 0.500 bits per heavy atom. The summed E-state index contributed by atoms with van der Waals surface area (Å²) in [4.78, 5) is 0. The van der Waals surface area contributed by atoms with Gasteiger partial charge in [-0.05, 0) is 0 Å². The molecule has 0 nitrogen and oxygen atoms in total. The molecule has 0 saturated carbocycles. The van der Waals surface area contributed by atoms with Crippen LogP contribution in [0.2, 0.25) is 0 Å². The molecule has 0 fully saturated rings. The van der Waals surface area contributed by atoms with E-state index in [1.54, 1.807) is 0 Å². The van der Waals surface area contributed by atoms with Crippen molar-refractivity contribution in [2.45, 2.75) is 0 Å². The fourth-order valence-electron chi connectivity index (χ4n) is 0. The van der Waals surface area contributed by atoms with Gasteiger partial charge in [-0.2, -0.15) is 0 Å². The van der Waals surface area contributed by atoms with Crippen LogP contribution < -0.4 is 49.6 Å². The van der Waals surface area contributed by atoms with Crippen LogP contribution in [0.3, 0.4) is 0 Å². The zero-order valence-corrected chi connectivity index (χ0v) is 12.2. The second kappa shape index (κ2) is 6.59. The van der Waals surface area contributed by atoms with Gasteiger partial charge in [-0.1, -0.05) is 0 Å². The molecule has 0 bridgehead atoms. The Balaban J connectivity index is -0.0000000180. The van der Waals surface area contributed by atoms with E-state index in [-0.39, 0.29) is 71.3 Å². The van der Waals surface area contributed by atoms with Gasteiger partial charge in [0.1, 0.15) is 0 Å². The Hall–Kier alpha value is 2.14. The summed E-state index contributed by atoms with van der Waals surface area (Å²) in [6.07, 6.45) is 0. The molecule has 0 aliphatic rings. The van der Waals surface area contributed by atoms with Crippen LogP contribution in [0.4, 0.5) is 18.9 Å². The van der Waals surface area contributed by atoms with Crippen LogP contribution in [0.25, 0.3) is 0 Å². The summed E-state index contributed by atoms with van der Waals surface area (Å²) in [6, 6.07) is 0. The van der Waals surface area contributed by atoms with E-state index in [2.05, 4.69) is 0 Å². The zero-order valence-electron chi connectivity index (χ0n) is 4.69. The van der Waals surface area contributed by atoms with Gasteiger partial charge in [-0.3, -0.25) is 0 Å². The van der Waals surface area contributed by atoms with E-state index < -0.39 is 16.7 Å². The van der Waals surface area contributed by atoms with Crippen molar-refractivity contribution in [1.82, 2.24) is 0 Å². The summed E-state index contributed by atoms with van der Waals surface area (Å²) in [5.41, 5.74) is 0. The minimum atomic E-state index is -11.3. The number of hydrogen-bond acceptors (Lipinski definition) is 0. The van der Waals surface area contributed by atoms with Gasteiger partial charge in [0, 0.05) is 0 Å². The van der Waals surface area contributed by atoms with Gasteiger partial charge in [-0.25, -0.2) is 0 Å². The van der Waals surface area contributed by atoms with Crippen LogP contribution in [-0.2, 0) is 38.4 Å². The van der Waals surface area contributed by atoms with Crippen LogP contribution in [0.5, 0.6) is 0 Å². The molecule has 0 aromatic carbocycles. The van der Waals surface area contributed by atoms with Crippen molar-refractivity contribution in [3.63, 3.8) is 0 Å². The first-order valence-corrected chi connectivity index (χ1v) is 7.58. The summed E-state index contributed by atoms with van der Waals surface area (Å²) >= 11 is -11.3. The van der Waals surface area contributed by atoms with E-state index >= 15 is 0 Å². The molecule has 0 aliphatic carbocycles. The summed E-state index contributed by atoms with van der Waals surface area (Å²) in [7, 11) is 0. The van der Waals surface area contributed by atoms with Crippen molar-refractivity contribution in [1.29, 1.82) is 0 Å². The van der Waals surface area contributed by atoms with E-state index in [4.69, 9.17) is 0 Å². The van der Waals surface area contributed by atoms with Crippen molar-refractivity contribution in [3.05, 3.63) is 0 Å². The molecule has 0 unspecified atom stereocenters. The molecule has 0 atom stereocenters. The first kappa shape index (κ1) is 36.8. The van der Waals surface area contributed by atoms with E-state index in [0.29, 0.717) is 0 Å². The van der Waals surface area contributed by atoms with Gasteiger partial charge in [0.15, 0.2) is 0 Å². The van der Waals surface area contributed by atoms with Crippen LogP contribution in [0.1, 0.15) is 0 Å². The molecule has 0 radical (unpaired) electrons. The third-order valence-electron chi connectivity index (χ3n) is 0. The van der Waals surface area contributed by atoms with Gasteiger partial charge in [0.25, 0.3) is 0 Å². The second-order valence-electron chi connectivity index (χ2n) is 0.875. The summed E-state index contributed by atoms with van der Waals surface area (Å²) in [5.74, 6) is 0. The van der Waals surface area contributed by atoms with Gasteiger partial charge >= 0.3 is 57.4 Å². The van der Waals surface area contributed by atoms with E-state index in [0.717, 1.165) is 0 Å². The zero-order chi connectivity index (χ0) is 6.41. The van der Waals surface area contributed by atoms with Crippen LogP contribution in [0.15, 0.2) is 0 Å². The van der Waals surface area contributed by atoms with Gasteiger partial charge in [0.2, 0.25) is 0 Å². The summed E-state index contributed by atoms with van der Waals surface area (Å²) < 4.78 is 59.6. The first-order chi connectivity index (χ1) is 2.45. The average molecular weight is 488 g/mol. The first-order valence-electron chi connectivity index (χ1n) is 0.926. The van der Waals surface area contributed by atoms with E-state index in [1.165, 1.54) is 0 Å². The van der Waals surface area contributed by atoms with Crippen LogP contribution in [0, 0.1) is 0 Å². The maximum Gasteiger partial charge on any atom is 4.00 e. The Morgan fingerprint density at radius 3 is 0.500 bits per heavy atom. The maximum atomic E-state index is 9.93. The molecule has 0 saturated heterocycles. The normalized spacial score (nSPS) is 13.5. The quantitative estimate of drug-likeness (QED) is 0.235. The molecule has 0 amide bonds. The molecule has 0 aromatic rings. The van der Waals surface area contributed by atoms with Crippen molar-refractivity contribution >= 4 is 0 Å². The SMILES string of the molecule is [Cl-].[Cl-].[Cl-].[Cl-].[F][W]([F])([F])([F])([F])[F].[Ti+4]. The molecular weight excluding hydrogens is 488 g/mol. The number of hydrogen-bond donors (Lipinski definition) is 0. The third kappa shape index (κ3) is 328. The molecule has 12 heteroatoms. The van der Waals surface area contributed by atoms with Crippen molar-refractivity contribution in [3.8, 4) is 0 Å². The molecule has 0 rings (SSSR count). The van der Waals surface area contributed by atoms with Crippen molar-refractivity contribution in [2.24, 2.45) is 0 Å². The minimum Gasteiger partial charge on any atom is 4.00 e. The largest absolute Gasteiger partial charge is 4.00 e. The molecule has 0 N–H and O–H groups in total. The number of rotatable bonds is 0. The fourth-order valence-corrected chi connectivity index (χ4v) is 0. The average Bonchev–Trinajstić information content (AvgIpc) is 0.592. The predicted octanol–water partition coefficient (Wildman–Crippen LogP) is -9.47. The molecule has 0 aliphatic heterocycles. The summed E-state index contributed by atoms with van der Waals surface area (Å²) in [5, 5.41) is 0. The van der Waals surface area contributed by atoms with Gasteiger partial charge in [-0.15, -0.1) is 0 Å². The van der Waals surface area contributed by atoms with Crippen LogP contribution >= 0.6 is 0 Å².